The lowest BCUT2D eigenvalue weighted by molar-refractivity contribution is 0.0944. The molecule has 0 fully saturated rings. The number of carbonyl (C=O) groups is 1. The lowest BCUT2D eigenvalue weighted by Gasteiger charge is -2.06. The van der Waals surface area contributed by atoms with Crippen molar-refractivity contribution in [3.63, 3.8) is 0 Å². The number of benzene rings is 2. The van der Waals surface area contributed by atoms with Gasteiger partial charge in [0.15, 0.2) is 0 Å². The summed E-state index contributed by atoms with van der Waals surface area (Å²) in [6.07, 6.45) is 0.630. The van der Waals surface area contributed by atoms with Crippen LogP contribution in [-0.4, -0.2) is 22.2 Å². The van der Waals surface area contributed by atoms with Crippen LogP contribution in [0, 0.1) is 5.82 Å². The van der Waals surface area contributed by atoms with Gasteiger partial charge in [0.1, 0.15) is 11.5 Å². The van der Waals surface area contributed by atoms with Crippen LogP contribution in [0.1, 0.15) is 16.1 Å². The molecule has 0 saturated heterocycles. The van der Waals surface area contributed by atoms with Crippen molar-refractivity contribution in [1.82, 2.24) is 15.1 Å². The quantitative estimate of drug-likeness (QED) is 0.695. The van der Waals surface area contributed by atoms with E-state index in [1.807, 2.05) is 6.07 Å². The minimum Gasteiger partial charge on any atom is -0.350 e. The van der Waals surface area contributed by atoms with Gasteiger partial charge in [0, 0.05) is 19.2 Å². The molecule has 2 aromatic carbocycles. The molecule has 0 aliphatic rings. The van der Waals surface area contributed by atoms with Crippen molar-refractivity contribution in [2.45, 2.75) is 6.42 Å². The van der Waals surface area contributed by atoms with E-state index in [9.17, 15) is 9.18 Å². The van der Waals surface area contributed by atoms with Crippen molar-refractivity contribution in [2.24, 2.45) is 7.05 Å². The summed E-state index contributed by atoms with van der Waals surface area (Å²) in [6, 6.07) is 13.1. The maximum atomic E-state index is 13.0. The maximum Gasteiger partial charge on any atom is 0.269 e. The SMILES string of the molecule is Cn1nc(-c2ccc(F)cc2)cc1C(=O)NCCc1ccc(Cl)c(Cl)c1. The van der Waals surface area contributed by atoms with Crippen molar-refractivity contribution in [1.29, 1.82) is 0 Å². The first-order chi connectivity index (χ1) is 12.4. The van der Waals surface area contributed by atoms with Gasteiger partial charge in [0.05, 0.1) is 15.7 Å². The first-order valence-corrected chi connectivity index (χ1v) is 8.72. The number of halogens is 3. The fourth-order valence-corrected chi connectivity index (χ4v) is 2.87. The fraction of sp³-hybridized carbons (Fsp3) is 0.158. The van der Waals surface area contributed by atoms with Crippen LogP contribution in [0.4, 0.5) is 4.39 Å². The summed E-state index contributed by atoms with van der Waals surface area (Å²) in [5, 5.41) is 8.18. The van der Waals surface area contributed by atoms with Crippen LogP contribution in [0.3, 0.4) is 0 Å². The lowest BCUT2D eigenvalue weighted by atomic mass is 10.1. The summed E-state index contributed by atoms with van der Waals surface area (Å²) in [5.74, 6) is -0.543. The molecule has 4 nitrogen and oxygen atoms in total. The predicted octanol–water partition coefficient (Wildman–Crippen LogP) is 4.51. The Morgan fingerprint density at radius 3 is 2.54 bits per heavy atom. The van der Waals surface area contributed by atoms with E-state index in [2.05, 4.69) is 10.4 Å². The zero-order chi connectivity index (χ0) is 18.7. The first-order valence-electron chi connectivity index (χ1n) is 7.96. The minimum atomic E-state index is -0.315. The highest BCUT2D eigenvalue weighted by Gasteiger charge is 2.14. The zero-order valence-electron chi connectivity index (χ0n) is 14.0. The number of carbonyl (C=O) groups excluding carboxylic acids is 1. The highest BCUT2D eigenvalue weighted by atomic mass is 35.5. The van der Waals surface area contributed by atoms with Crippen LogP contribution in [0.5, 0.6) is 0 Å². The van der Waals surface area contributed by atoms with E-state index in [0.717, 1.165) is 11.1 Å². The van der Waals surface area contributed by atoms with Crippen molar-refractivity contribution in [3.05, 3.63) is 75.7 Å². The van der Waals surface area contributed by atoms with E-state index in [0.29, 0.717) is 34.4 Å². The molecule has 0 atom stereocenters. The van der Waals surface area contributed by atoms with E-state index in [4.69, 9.17) is 23.2 Å². The van der Waals surface area contributed by atoms with Crippen molar-refractivity contribution in [3.8, 4) is 11.3 Å². The van der Waals surface area contributed by atoms with Crippen LogP contribution in [-0.2, 0) is 13.5 Å². The Labute approximate surface area is 160 Å². The van der Waals surface area contributed by atoms with Gasteiger partial charge >= 0.3 is 0 Å². The van der Waals surface area contributed by atoms with Crippen LogP contribution in [0.15, 0.2) is 48.5 Å². The van der Waals surface area contributed by atoms with Gasteiger partial charge in [-0.15, -0.1) is 0 Å². The Hall–Kier alpha value is -2.37. The van der Waals surface area contributed by atoms with E-state index < -0.39 is 0 Å². The molecule has 0 unspecified atom stereocenters. The maximum absolute atomic E-state index is 13.0. The fourth-order valence-electron chi connectivity index (χ4n) is 2.55. The number of hydrogen-bond acceptors (Lipinski definition) is 2. The van der Waals surface area contributed by atoms with Crippen molar-refractivity contribution in [2.75, 3.05) is 6.54 Å². The van der Waals surface area contributed by atoms with E-state index >= 15 is 0 Å². The summed E-state index contributed by atoms with van der Waals surface area (Å²) in [4.78, 5) is 12.4. The Morgan fingerprint density at radius 1 is 1.12 bits per heavy atom. The summed E-state index contributed by atoms with van der Waals surface area (Å²) in [6.45, 7) is 0.452. The highest BCUT2D eigenvalue weighted by molar-refractivity contribution is 6.42. The molecule has 1 amide bonds. The Morgan fingerprint density at radius 2 is 1.85 bits per heavy atom. The van der Waals surface area contributed by atoms with E-state index in [1.54, 1.807) is 37.4 Å². The summed E-state index contributed by atoms with van der Waals surface area (Å²) >= 11 is 11.9. The third-order valence-electron chi connectivity index (χ3n) is 3.94. The number of hydrogen-bond donors (Lipinski definition) is 1. The second-order valence-corrected chi connectivity index (χ2v) is 6.61. The van der Waals surface area contributed by atoms with Gasteiger partial charge in [-0.3, -0.25) is 9.48 Å². The van der Waals surface area contributed by atoms with Crippen molar-refractivity contribution >= 4 is 29.1 Å². The molecule has 0 saturated carbocycles. The molecular weight excluding hydrogens is 376 g/mol. The Kier molecular flexibility index (Phi) is 5.59. The molecule has 1 aromatic heterocycles. The molecule has 1 heterocycles. The molecule has 3 aromatic rings. The number of nitrogens with one attached hydrogen (secondary N) is 1. The topological polar surface area (TPSA) is 46.9 Å². The second-order valence-electron chi connectivity index (χ2n) is 5.80. The predicted molar refractivity (Wildman–Crippen MR) is 101 cm³/mol. The lowest BCUT2D eigenvalue weighted by Crippen LogP contribution is -2.27. The van der Waals surface area contributed by atoms with Gasteiger partial charge in [0.25, 0.3) is 5.91 Å². The average Bonchev–Trinajstić information content (AvgIpc) is 3.00. The number of nitrogens with zero attached hydrogens (tertiary/aromatic N) is 2. The zero-order valence-corrected chi connectivity index (χ0v) is 15.5. The number of amides is 1. The molecule has 26 heavy (non-hydrogen) atoms. The van der Waals surface area contributed by atoms with Crippen LogP contribution >= 0.6 is 23.2 Å². The molecule has 1 N–H and O–H groups in total. The summed E-state index contributed by atoms with van der Waals surface area (Å²) in [5.41, 5.74) is 2.77. The van der Waals surface area contributed by atoms with Crippen molar-refractivity contribution < 1.29 is 9.18 Å². The van der Waals surface area contributed by atoms with Crippen LogP contribution in [0.25, 0.3) is 11.3 Å². The highest BCUT2D eigenvalue weighted by Crippen LogP contribution is 2.23. The molecule has 7 heteroatoms. The van der Waals surface area contributed by atoms with Gasteiger partial charge in [-0.25, -0.2) is 4.39 Å². The smallest absolute Gasteiger partial charge is 0.269 e. The largest absolute Gasteiger partial charge is 0.350 e. The molecule has 0 spiro atoms. The third-order valence-corrected chi connectivity index (χ3v) is 4.67. The third kappa shape index (κ3) is 4.23. The van der Waals surface area contributed by atoms with Gasteiger partial charge in [-0.2, -0.15) is 5.10 Å². The second kappa shape index (κ2) is 7.89. The molecule has 0 radical (unpaired) electrons. The average molecular weight is 392 g/mol. The van der Waals surface area contributed by atoms with Gasteiger partial charge in [-0.1, -0.05) is 29.3 Å². The van der Waals surface area contributed by atoms with Gasteiger partial charge in [0.2, 0.25) is 0 Å². The number of aryl methyl sites for hydroxylation is 1. The first kappa shape index (κ1) is 18.4. The number of rotatable bonds is 5. The van der Waals surface area contributed by atoms with E-state index in [-0.39, 0.29) is 11.7 Å². The normalized spacial score (nSPS) is 10.8. The minimum absolute atomic E-state index is 0.228. The molecule has 134 valence electrons. The Bertz CT molecular complexity index is 938. The molecule has 0 bridgehead atoms. The van der Waals surface area contributed by atoms with Gasteiger partial charge in [-0.05, 0) is 54.4 Å². The molecular formula is C19H16Cl2FN3O. The van der Waals surface area contributed by atoms with Gasteiger partial charge < -0.3 is 5.32 Å². The monoisotopic (exact) mass is 391 g/mol. The van der Waals surface area contributed by atoms with E-state index in [1.165, 1.54) is 16.8 Å². The summed E-state index contributed by atoms with van der Waals surface area (Å²) < 4.78 is 14.5. The number of aromatic nitrogens is 2. The molecule has 3 rings (SSSR count). The summed E-state index contributed by atoms with van der Waals surface area (Å²) in [7, 11) is 1.70. The Balaban J connectivity index is 1.64. The molecule has 0 aliphatic carbocycles. The van der Waals surface area contributed by atoms with Crippen LogP contribution < -0.4 is 5.32 Å². The van der Waals surface area contributed by atoms with Crippen LogP contribution in [0.2, 0.25) is 10.0 Å². The molecule has 0 aliphatic heterocycles. The standard InChI is InChI=1S/C19H16Cl2FN3O/c1-25-18(11-17(24-25)13-3-5-14(22)6-4-13)19(26)23-9-8-12-2-7-15(20)16(21)10-12/h2-7,10-11H,8-9H2,1H3,(H,23,26).